The van der Waals surface area contributed by atoms with Gasteiger partial charge in [-0.2, -0.15) is 5.10 Å². The standard InChI is InChI=1S/C29H29N5O4/c1-20-5-7-21(8-6-20)19-38-27-15-25(29(36)34-10-12-37-13-11-34)24(22-16-31-33(2)18-22)14-26(27)28(35)32-23-4-3-9-30-17-23/h3-9,14-18H,10-13,19H2,1-2H3,(H,32,35). The number of amides is 2. The normalized spacial score (nSPS) is 13.3. The summed E-state index contributed by atoms with van der Waals surface area (Å²) in [7, 11) is 1.81. The first-order chi connectivity index (χ1) is 18.5. The van der Waals surface area contributed by atoms with Gasteiger partial charge in [-0.05, 0) is 42.3 Å². The largest absolute Gasteiger partial charge is 0.488 e. The van der Waals surface area contributed by atoms with Crippen molar-refractivity contribution in [3.05, 3.63) is 95.6 Å². The van der Waals surface area contributed by atoms with Crippen molar-refractivity contribution in [2.75, 3.05) is 31.6 Å². The number of aryl methyl sites for hydroxylation is 2. The predicted molar refractivity (Wildman–Crippen MR) is 143 cm³/mol. The molecule has 0 aliphatic carbocycles. The minimum Gasteiger partial charge on any atom is -0.488 e. The molecule has 3 heterocycles. The molecule has 1 N–H and O–H groups in total. The fraction of sp³-hybridized carbons (Fsp3) is 0.241. The van der Waals surface area contributed by atoms with Crippen LogP contribution in [-0.4, -0.2) is 57.8 Å². The summed E-state index contributed by atoms with van der Waals surface area (Å²) in [5.41, 5.74) is 4.72. The molecule has 0 bridgehead atoms. The lowest BCUT2D eigenvalue weighted by Gasteiger charge is -2.28. The average molecular weight is 512 g/mol. The summed E-state index contributed by atoms with van der Waals surface area (Å²) in [4.78, 5) is 33.1. The second kappa shape index (κ2) is 11.3. The van der Waals surface area contributed by atoms with Crippen LogP contribution in [0, 0.1) is 6.92 Å². The third-order valence-corrected chi connectivity index (χ3v) is 6.34. The van der Waals surface area contributed by atoms with Crippen LogP contribution >= 0.6 is 0 Å². The van der Waals surface area contributed by atoms with Crippen LogP contribution in [0.5, 0.6) is 5.75 Å². The fourth-order valence-corrected chi connectivity index (χ4v) is 4.27. The number of hydrogen-bond donors (Lipinski definition) is 1. The maximum Gasteiger partial charge on any atom is 0.259 e. The van der Waals surface area contributed by atoms with E-state index in [1.165, 1.54) is 0 Å². The summed E-state index contributed by atoms with van der Waals surface area (Å²) in [6, 6.07) is 14.9. The van der Waals surface area contributed by atoms with E-state index >= 15 is 0 Å². The minimum atomic E-state index is -0.368. The lowest BCUT2D eigenvalue weighted by molar-refractivity contribution is 0.0303. The Morgan fingerprint density at radius 1 is 1.05 bits per heavy atom. The molecule has 9 heteroatoms. The number of anilines is 1. The van der Waals surface area contributed by atoms with E-state index in [4.69, 9.17) is 9.47 Å². The molecule has 1 aliphatic heterocycles. The van der Waals surface area contributed by atoms with Crippen molar-refractivity contribution in [1.82, 2.24) is 19.7 Å². The Morgan fingerprint density at radius 3 is 2.53 bits per heavy atom. The first-order valence-corrected chi connectivity index (χ1v) is 12.4. The highest BCUT2D eigenvalue weighted by atomic mass is 16.5. The first kappa shape index (κ1) is 25.2. The third kappa shape index (κ3) is 5.73. The van der Waals surface area contributed by atoms with Crippen molar-refractivity contribution in [3.63, 3.8) is 0 Å². The third-order valence-electron chi connectivity index (χ3n) is 6.34. The van der Waals surface area contributed by atoms with Crippen LogP contribution in [0.1, 0.15) is 31.8 Å². The molecular formula is C29H29N5O4. The number of carbonyl (C=O) groups excluding carboxylic acids is 2. The van der Waals surface area contributed by atoms with Crippen molar-refractivity contribution in [3.8, 4) is 16.9 Å². The number of nitrogens with one attached hydrogen (secondary N) is 1. The highest BCUT2D eigenvalue weighted by Gasteiger charge is 2.26. The van der Waals surface area contributed by atoms with Crippen molar-refractivity contribution < 1.29 is 19.1 Å². The van der Waals surface area contributed by atoms with E-state index in [9.17, 15) is 9.59 Å². The Hall–Kier alpha value is -4.50. The van der Waals surface area contributed by atoms with E-state index in [0.717, 1.165) is 16.7 Å². The molecule has 2 aromatic carbocycles. The number of nitrogens with zero attached hydrogens (tertiary/aromatic N) is 4. The fourth-order valence-electron chi connectivity index (χ4n) is 4.27. The Labute approximate surface area is 221 Å². The maximum absolute atomic E-state index is 13.7. The minimum absolute atomic E-state index is 0.147. The van der Waals surface area contributed by atoms with Gasteiger partial charge in [-0.15, -0.1) is 0 Å². The summed E-state index contributed by atoms with van der Waals surface area (Å²) in [5.74, 6) is -0.199. The van der Waals surface area contributed by atoms with Crippen LogP contribution < -0.4 is 10.1 Å². The number of benzene rings is 2. The SMILES string of the molecule is Cc1ccc(COc2cc(C(=O)N3CCOCC3)c(-c3cnn(C)c3)cc2C(=O)Nc2cccnc2)cc1. The van der Waals surface area contributed by atoms with Gasteiger partial charge in [-0.25, -0.2) is 0 Å². The molecule has 0 unspecified atom stereocenters. The van der Waals surface area contributed by atoms with Crippen LogP contribution in [0.3, 0.4) is 0 Å². The molecular weight excluding hydrogens is 482 g/mol. The molecule has 4 aromatic rings. The number of aromatic nitrogens is 3. The maximum atomic E-state index is 13.7. The van der Waals surface area contributed by atoms with Crippen LogP contribution in [0.4, 0.5) is 5.69 Å². The van der Waals surface area contributed by atoms with Gasteiger partial charge in [0, 0.05) is 38.1 Å². The van der Waals surface area contributed by atoms with E-state index in [1.807, 2.05) is 44.4 Å². The molecule has 194 valence electrons. The molecule has 38 heavy (non-hydrogen) atoms. The molecule has 0 radical (unpaired) electrons. The van der Waals surface area contributed by atoms with Gasteiger partial charge in [0.15, 0.2) is 0 Å². The van der Waals surface area contributed by atoms with Gasteiger partial charge >= 0.3 is 0 Å². The second-order valence-electron chi connectivity index (χ2n) is 9.17. The van der Waals surface area contributed by atoms with E-state index in [-0.39, 0.29) is 18.4 Å². The summed E-state index contributed by atoms with van der Waals surface area (Å²) >= 11 is 0. The molecule has 1 fully saturated rings. The summed E-state index contributed by atoms with van der Waals surface area (Å²) < 4.78 is 13.3. The van der Waals surface area contributed by atoms with Crippen LogP contribution in [0.25, 0.3) is 11.1 Å². The van der Waals surface area contributed by atoms with Crippen molar-refractivity contribution >= 4 is 17.5 Å². The van der Waals surface area contributed by atoms with Gasteiger partial charge in [0.1, 0.15) is 12.4 Å². The molecule has 0 atom stereocenters. The van der Waals surface area contributed by atoms with Crippen molar-refractivity contribution in [2.45, 2.75) is 13.5 Å². The molecule has 1 aliphatic rings. The highest BCUT2D eigenvalue weighted by molar-refractivity contribution is 6.09. The van der Waals surface area contributed by atoms with Gasteiger partial charge in [0.2, 0.25) is 0 Å². The smallest absolute Gasteiger partial charge is 0.259 e. The molecule has 2 aromatic heterocycles. The zero-order valence-corrected chi connectivity index (χ0v) is 21.4. The average Bonchev–Trinajstić information content (AvgIpc) is 3.39. The molecule has 9 nitrogen and oxygen atoms in total. The Morgan fingerprint density at radius 2 is 1.84 bits per heavy atom. The van der Waals surface area contributed by atoms with Crippen LogP contribution in [0.15, 0.2) is 73.3 Å². The van der Waals surface area contributed by atoms with E-state index in [0.29, 0.717) is 54.4 Å². The van der Waals surface area contributed by atoms with Gasteiger partial charge in [-0.3, -0.25) is 19.3 Å². The monoisotopic (exact) mass is 511 g/mol. The highest BCUT2D eigenvalue weighted by Crippen LogP contribution is 2.33. The number of carbonyl (C=O) groups is 2. The molecule has 0 spiro atoms. The van der Waals surface area contributed by atoms with Gasteiger partial charge in [-0.1, -0.05) is 29.8 Å². The van der Waals surface area contributed by atoms with Crippen LogP contribution in [-0.2, 0) is 18.4 Å². The summed E-state index contributed by atoms with van der Waals surface area (Å²) in [5, 5.41) is 7.17. The Kier molecular flexibility index (Phi) is 7.46. The Bertz CT molecular complexity index is 1430. The topological polar surface area (TPSA) is 98.6 Å². The number of hydrogen-bond acceptors (Lipinski definition) is 6. The van der Waals surface area contributed by atoms with Crippen molar-refractivity contribution in [1.29, 1.82) is 0 Å². The first-order valence-electron chi connectivity index (χ1n) is 12.4. The number of pyridine rings is 1. The van der Waals surface area contributed by atoms with Gasteiger partial charge < -0.3 is 19.7 Å². The lowest BCUT2D eigenvalue weighted by atomic mass is 9.96. The zero-order valence-electron chi connectivity index (χ0n) is 21.4. The molecule has 1 saturated heterocycles. The van der Waals surface area contributed by atoms with E-state index in [1.54, 1.807) is 52.4 Å². The predicted octanol–water partition coefficient (Wildman–Crippen LogP) is 4.09. The molecule has 2 amide bonds. The lowest BCUT2D eigenvalue weighted by Crippen LogP contribution is -2.40. The van der Waals surface area contributed by atoms with E-state index in [2.05, 4.69) is 15.4 Å². The number of ether oxygens (including phenoxy) is 2. The van der Waals surface area contributed by atoms with Gasteiger partial charge in [0.25, 0.3) is 11.8 Å². The summed E-state index contributed by atoms with van der Waals surface area (Å²) in [6.07, 6.45) is 6.71. The number of rotatable bonds is 7. The van der Waals surface area contributed by atoms with Crippen LogP contribution in [0.2, 0.25) is 0 Å². The van der Waals surface area contributed by atoms with E-state index < -0.39 is 0 Å². The molecule has 5 rings (SSSR count). The van der Waals surface area contributed by atoms with Crippen molar-refractivity contribution in [2.24, 2.45) is 7.05 Å². The Balaban J connectivity index is 1.58. The zero-order chi connectivity index (χ0) is 26.5. The molecule has 0 saturated carbocycles. The number of morpholine rings is 1. The quantitative estimate of drug-likeness (QED) is 0.401. The summed E-state index contributed by atoms with van der Waals surface area (Å²) in [6.45, 7) is 4.21. The van der Waals surface area contributed by atoms with Gasteiger partial charge in [0.05, 0.1) is 42.4 Å². The second-order valence-corrected chi connectivity index (χ2v) is 9.17.